The average Bonchev–Trinajstić information content (AvgIpc) is 2.96. The summed E-state index contributed by atoms with van der Waals surface area (Å²) >= 11 is 1.23. The molecule has 0 aliphatic heterocycles. The number of anilines is 2. The molecule has 0 spiro atoms. The number of nitrogens with zero attached hydrogens (tertiary/aromatic N) is 1. The second-order valence-electron chi connectivity index (χ2n) is 7.17. The number of Topliss-reactive ketones (excluding diaryl/α,β-unsaturated/α-hetero) is 1. The SMILES string of the molecule is CCC(=O)Nc1ccc(C(=O)Nc2nc3c(s2)C(=O)CC(C)(C)C3)cc1. The van der Waals surface area contributed by atoms with Crippen LogP contribution in [0, 0.1) is 5.41 Å². The quantitative estimate of drug-likeness (QED) is 0.853. The number of thiazole rings is 1. The van der Waals surface area contributed by atoms with Gasteiger partial charge in [0.15, 0.2) is 10.9 Å². The van der Waals surface area contributed by atoms with Crippen molar-refractivity contribution in [2.75, 3.05) is 10.6 Å². The number of aromatic nitrogens is 1. The molecule has 1 heterocycles. The fourth-order valence-electron chi connectivity index (χ4n) is 2.90. The van der Waals surface area contributed by atoms with Crippen LogP contribution in [0.4, 0.5) is 10.8 Å². The van der Waals surface area contributed by atoms with Crippen LogP contribution in [0.5, 0.6) is 0 Å². The van der Waals surface area contributed by atoms with E-state index < -0.39 is 0 Å². The third-order valence-corrected chi connectivity index (χ3v) is 5.26. The van der Waals surface area contributed by atoms with Gasteiger partial charge in [0.1, 0.15) is 0 Å². The topological polar surface area (TPSA) is 88.2 Å². The Hall–Kier alpha value is -2.54. The maximum absolute atomic E-state index is 12.4. The van der Waals surface area contributed by atoms with Crippen LogP contribution in [-0.2, 0) is 11.2 Å². The second-order valence-corrected chi connectivity index (χ2v) is 8.17. The van der Waals surface area contributed by atoms with Crippen LogP contribution in [-0.4, -0.2) is 22.6 Å². The van der Waals surface area contributed by atoms with Gasteiger partial charge in [0.05, 0.1) is 10.6 Å². The summed E-state index contributed by atoms with van der Waals surface area (Å²) in [4.78, 5) is 41.1. The molecule has 0 bridgehead atoms. The van der Waals surface area contributed by atoms with Crippen molar-refractivity contribution in [3.8, 4) is 0 Å². The van der Waals surface area contributed by atoms with Gasteiger partial charge in [-0.3, -0.25) is 19.7 Å². The smallest absolute Gasteiger partial charge is 0.257 e. The first-order chi connectivity index (χ1) is 12.3. The Balaban J connectivity index is 1.71. The molecule has 0 unspecified atom stereocenters. The molecular weight excluding hydrogens is 350 g/mol. The Morgan fingerprint density at radius 2 is 1.85 bits per heavy atom. The first-order valence-corrected chi connectivity index (χ1v) is 9.33. The molecule has 2 aromatic rings. The van der Waals surface area contributed by atoms with E-state index in [-0.39, 0.29) is 23.0 Å². The van der Waals surface area contributed by atoms with E-state index in [1.165, 1.54) is 11.3 Å². The van der Waals surface area contributed by atoms with E-state index in [0.717, 1.165) is 12.1 Å². The molecule has 0 fully saturated rings. The van der Waals surface area contributed by atoms with E-state index >= 15 is 0 Å². The number of carbonyl (C=O) groups is 3. The van der Waals surface area contributed by atoms with Gasteiger partial charge in [-0.2, -0.15) is 0 Å². The van der Waals surface area contributed by atoms with E-state index in [9.17, 15) is 14.4 Å². The minimum absolute atomic E-state index is 0.0804. The molecule has 1 aliphatic rings. The molecule has 26 heavy (non-hydrogen) atoms. The highest BCUT2D eigenvalue weighted by atomic mass is 32.1. The van der Waals surface area contributed by atoms with Crippen LogP contribution in [0.25, 0.3) is 0 Å². The normalized spacial score (nSPS) is 15.3. The lowest BCUT2D eigenvalue weighted by Crippen LogP contribution is -2.26. The van der Waals surface area contributed by atoms with Crippen LogP contribution in [0.3, 0.4) is 0 Å². The highest BCUT2D eigenvalue weighted by Crippen LogP contribution is 2.38. The van der Waals surface area contributed by atoms with Crippen molar-refractivity contribution >= 4 is 39.8 Å². The minimum atomic E-state index is -0.295. The molecule has 1 aromatic carbocycles. The van der Waals surface area contributed by atoms with Crippen molar-refractivity contribution in [2.45, 2.75) is 40.0 Å². The van der Waals surface area contributed by atoms with Crippen molar-refractivity contribution in [1.29, 1.82) is 0 Å². The summed E-state index contributed by atoms with van der Waals surface area (Å²) in [6.45, 7) is 5.87. The van der Waals surface area contributed by atoms with Gasteiger partial charge in [0.2, 0.25) is 5.91 Å². The first-order valence-electron chi connectivity index (χ1n) is 8.51. The summed E-state index contributed by atoms with van der Waals surface area (Å²) in [6, 6.07) is 6.65. The molecule has 1 aromatic heterocycles. The highest BCUT2D eigenvalue weighted by Gasteiger charge is 2.34. The molecule has 7 heteroatoms. The van der Waals surface area contributed by atoms with Crippen LogP contribution >= 0.6 is 11.3 Å². The zero-order chi connectivity index (χ0) is 18.9. The predicted octanol–water partition coefficient (Wildman–Crippen LogP) is 3.90. The van der Waals surface area contributed by atoms with Gasteiger partial charge in [-0.25, -0.2) is 4.98 Å². The summed E-state index contributed by atoms with van der Waals surface area (Å²) < 4.78 is 0. The fraction of sp³-hybridized carbons (Fsp3) is 0.368. The number of hydrogen-bond donors (Lipinski definition) is 2. The van der Waals surface area contributed by atoms with Gasteiger partial charge in [-0.1, -0.05) is 32.1 Å². The zero-order valence-electron chi connectivity index (χ0n) is 15.0. The van der Waals surface area contributed by atoms with E-state index in [2.05, 4.69) is 15.6 Å². The number of benzene rings is 1. The van der Waals surface area contributed by atoms with E-state index in [4.69, 9.17) is 0 Å². The minimum Gasteiger partial charge on any atom is -0.326 e. The summed E-state index contributed by atoms with van der Waals surface area (Å²) in [6.07, 6.45) is 1.62. The van der Waals surface area contributed by atoms with Crippen LogP contribution < -0.4 is 10.6 Å². The Bertz CT molecular complexity index is 869. The van der Waals surface area contributed by atoms with Crippen LogP contribution in [0.15, 0.2) is 24.3 Å². The van der Waals surface area contributed by atoms with Gasteiger partial charge in [0, 0.05) is 24.1 Å². The van der Waals surface area contributed by atoms with Crippen molar-refractivity contribution in [3.63, 3.8) is 0 Å². The van der Waals surface area contributed by atoms with Crippen molar-refractivity contribution in [3.05, 3.63) is 40.4 Å². The second kappa shape index (κ2) is 6.99. The van der Waals surface area contributed by atoms with E-state index in [0.29, 0.717) is 34.1 Å². The molecular formula is C19H21N3O3S. The van der Waals surface area contributed by atoms with Gasteiger partial charge < -0.3 is 5.32 Å². The summed E-state index contributed by atoms with van der Waals surface area (Å²) in [5, 5.41) is 5.94. The number of ketones is 1. The zero-order valence-corrected chi connectivity index (χ0v) is 15.8. The molecule has 2 amide bonds. The first kappa shape index (κ1) is 18.3. The number of rotatable bonds is 4. The fourth-order valence-corrected chi connectivity index (χ4v) is 3.81. The predicted molar refractivity (Wildman–Crippen MR) is 102 cm³/mol. The highest BCUT2D eigenvalue weighted by molar-refractivity contribution is 7.17. The maximum Gasteiger partial charge on any atom is 0.257 e. The average molecular weight is 371 g/mol. The molecule has 0 saturated heterocycles. The standard InChI is InChI=1S/C19H21N3O3S/c1-4-15(24)20-12-7-5-11(6-8-12)17(25)22-18-21-13-9-19(2,3)10-14(23)16(13)26-18/h5-8H,4,9-10H2,1-3H3,(H,20,24)(H,21,22,25). The monoisotopic (exact) mass is 371 g/mol. The third kappa shape index (κ3) is 3.99. The van der Waals surface area contributed by atoms with Crippen molar-refractivity contribution in [1.82, 2.24) is 4.98 Å². The number of nitrogens with one attached hydrogen (secondary N) is 2. The molecule has 0 saturated carbocycles. The van der Waals surface area contributed by atoms with E-state index in [1.807, 2.05) is 13.8 Å². The van der Waals surface area contributed by atoms with Gasteiger partial charge in [-0.15, -0.1) is 0 Å². The van der Waals surface area contributed by atoms with Crippen LogP contribution in [0.2, 0.25) is 0 Å². The maximum atomic E-state index is 12.4. The van der Waals surface area contributed by atoms with Crippen LogP contribution in [0.1, 0.15) is 59.3 Å². The lowest BCUT2D eigenvalue weighted by Gasteiger charge is -2.26. The summed E-state index contributed by atoms with van der Waals surface area (Å²) in [7, 11) is 0. The molecule has 0 radical (unpaired) electrons. The lowest BCUT2D eigenvalue weighted by atomic mass is 9.78. The molecule has 3 rings (SSSR count). The Labute approximate surface area is 156 Å². The molecule has 1 aliphatic carbocycles. The Kier molecular flexibility index (Phi) is 4.91. The van der Waals surface area contributed by atoms with Gasteiger partial charge in [-0.05, 0) is 36.1 Å². The number of amides is 2. The molecule has 0 atom stereocenters. The molecule has 6 nitrogen and oxygen atoms in total. The molecule has 136 valence electrons. The number of hydrogen-bond acceptors (Lipinski definition) is 5. The van der Waals surface area contributed by atoms with Crippen molar-refractivity contribution < 1.29 is 14.4 Å². The number of carbonyl (C=O) groups excluding carboxylic acids is 3. The Morgan fingerprint density at radius 3 is 2.50 bits per heavy atom. The Morgan fingerprint density at radius 1 is 1.15 bits per heavy atom. The third-order valence-electron chi connectivity index (χ3n) is 4.21. The number of fused-ring (bicyclic) bond motifs is 1. The molecule has 2 N–H and O–H groups in total. The lowest BCUT2D eigenvalue weighted by molar-refractivity contribution is -0.115. The van der Waals surface area contributed by atoms with Gasteiger partial charge >= 0.3 is 0 Å². The van der Waals surface area contributed by atoms with E-state index in [1.54, 1.807) is 31.2 Å². The van der Waals surface area contributed by atoms with Gasteiger partial charge in [0.25, 0.3) is 5.91 Å². The largest absolute Gasteiger partial charge is 0.326 e. The summed E-state index contributed by atoms with van der Waals surface area (Å²) in [5.41, 5.74) is 1.77. The van der Waals surface area contributed by atoms with Crippen molar-refractivity contribution in [2.24, 2.45) is 5.41 Å². The summed E-state index contributed by atoms with van der Waals surface area (Å²) in [5.74, 6) is -0.287.